The van der Waals surface area contributed by atoms with Gasteiger partial charge in [-0.3, -0.25) is 4.79 Å². The van der Waals surface area contributed by atoms with Gasteiger partial charge in [0.15, 0.2) is 5.89 Å². The van der Waals surface area contributed by atoms with Crippen LogP contribution in [0.5, 0.6) is 0 Å². The molecule has 1 fully saturated rings. The van der Waals surface area contributed by atoms with Crippen LogP contribution in [-0.2, 0) is 0 Å². The summed E-state index contributed by atoms with van der Waals surface area (Å²) in [6.45, 7) is 4.09. The number of hydrogen-bond donors (Lipinski definition) is 1. The summed E-state index contributed by atoms with van der Waals surface area (Å²) in [4.78, 5) is 16.2. The van der Waals surface area contributed by atoms with Gasteiger partial charge in [0.05, 0.1) is 5.69 Å². The molecule has 0 radical (unpaired) electrons. The molecular formula is C16H16Cl2N2O2. The van der Waals surface area contributed by atoms with Gasteiger partial charge in [-0.2, -0.15) is 0 Å². The maximum atomic E-state index is 12.1. The number of amides is 1. The van der Waals surface area contributed by atoms with E-state index >= 15 is 0 Å². The van der Waals surface area contributed by atoms with E-state index in [4.69, 9.17) is 27.6 Å². The second-order valence-electron chi connectivity index (χ2n) is 5.63. The number of benzene rings is 1. The lowest BCUT2D eigenvalue weighted by atomic mass is 10.1. The molecule has 1 aliphatic carbocycles. The minimum absolute atomic E-state index is 0.217. The lowest BCUT2D eigenvalue weighted by molar-refractivity contribution is 0.0921. The highest BCUT2D eigenvalue weighted by atomic mass is 35.5. The Hall–Kier alpha value is -1.52. The van der Waals surface area contributed by atoms with Crippen molar-refractivity contribution in [3.63, 3.8) is 0 Å². The normalized spacial score (nSPS) is 20.0. The highest BCUT2D eigenvalue weighted by molar-refractivity contribution is 6.35. The summed E-state index contributed by atoms with van der Waals surface area (Å²) in [5, 5.41) is 4.23. The molecule has 116 valence electrons. The van der Waals surface area contributed by atoms with E-state index in [1.54, 1.807) is 19.9 Å². The zero-order valence-electron chi connectivity index (χ0n) is 12.3. The quantitative estimate of drug-likeness (QED) is 0.911. The Bertz CT molecular complexity index is 727. The molecule has 1 aromatic carbocycles. The van der Waals surface area contributed by atoms with Crippen molar-refractivity contribution in [2.45, 2.75) is 26.2 Å². The molecule has 1 amide bonds. The van der Waals surface area contributed by atoms with Gasteiger partial charge in [-0.15, -0.1) is 0 Å². The third kappa shape index (κ3) is 3.13. The number of hydrogen-bond acceptors (Lipinski definition) is 3. The van der Waals surface area contributed by atoms with Gasteiger partial charge in [-0.1, -0.05) is 29.3 Å². The molecule has 22 heavy (non-hydrogen) atoms. The smallest absolute Gasteiger partial charge is 0.289 e. The summed E-state index contributed by atoms with van der Waals surface area (Å²) in [6.07, 6.45) is 1.01. The fraction of sp³-hybridized carbons (Fsp3) is 0.375. The van der Waals surface area contributed by atoms with Crippen molar-refractivity contribution in [1.82, 2.24) is 10.3 Å². The molecule has 0 bridgehead atoms. The molecule has 2 atom stereocenters. The lowest BCUT2D eigenvalue weighted by Gasteiger charge is -2.05. The number of oxazole rings is 1. The van der Waals surface area contributed by atoms with Crippen molar-refractivity contribution >= 4 is 29.1 Å². The third-order valence-electron chi connectivity index (χ3n) is 3.92. The van der Waals surface area contributed by atoms with Gasteiger partial charge in [0.1, 0.15) is 0 Å². The number of aryl methyl sites for hydroxylation is 2. The van der Waals surface area contributed by atoms with Crippen LogP contribution in [0.3, 0.4) is 0 Å². The SMILES string of the molecule is Cc1nc(C)c(C(=O)NC[C@H]2C[C@H]2c2ccc(Cl)cc2Cl)o1. The lowest BCUT2D eigenvalue weighted by Crippen LogP contribution is -2.26. The Morgan fingerprint density at radius 2 is 2.18 bits per heavy atom. The van der Waals surface area contributed by atoms with Gasteiger partial charge in [0, 0.05) is 23.5 Å². The molecule has 6 heteroatoms. The van der Waals surface area contributed by atoms with E-state index in [1.807, 2.05) is 12.1 Å². The summed E-state index contributed by atoms with van der Waals surface area (Å²) in [6, 6.07) is 5.56. The van der Waals surface area contributed by atoms with Gasteiger partial charge < -0.3 is 9.73 Å². The Kier molecular flexibility index (Phi) is 4.15. The number of halogens is 2. The highest BCUT2D eigenvalue weighted by Gasteiger charge is 2.39. The fourth-order valence-electron chi connectivity index (χ4n) is 2.70. The first kappa shape index (κ1) is 15.4. The van der Waals surface area contributed by atoms with Crippen LogP contribution in [0.2, 0.25) is 10.0 Å². The van der Waals surface area contributed by atoms with Gasteiger partial charge in [-0.25, -0.2) is 4.98 Å². The molecule has 0 aliphatic heterocycles. The Labute approximate surface area is 138 Å². The zero-order valence-corrected chi connectivity index (χ0v) is 13.8. The van der Waals surface area contributed by atoms with Gasteiger partial charge in [-0.05, 0) is 42.9 Å². The predicted octanol–water partition coefficient (Wildman–Crippen LogP) is 4.13. The number of rotatable bonds is 4. The molecule has 1 heterocycles. The van der Waals surface area contributed by atoms with E-state index in [9.17, 15) is 4.79 Å². The van der Waals surface area contributed by atoms with Crippen LogP contribution < -0.4 is 5.32 Å². The summed E-state index contributed by atoms with van der Waals surface area (Å²) >= 11 is 12.1. The molecule has 1 saturated carbocycles. The topological polar surface area (TPSA) is 55.1 Å². The first-order valence-corrected chi connectivity index (χ1v) is 7.88. The van der Waals surface area contributed by atoms with Crippen molar-refractivity contribution in [2.75, 3.05) is 6.54 Å². The van der Waals surface area contributed by atoms with Crippen LogP contribution >= 0.6 is 23.2 Å². The van der Waals surface area contributed by atoms with Crippen molar-refractivity contribution in [1.29, 1.82) is 0 Å². The maximum absolute atomic E-state index is 12.1. The highest BCUT2D eigenvalue weighted by Crippen LogP contribution is 2.49. The molecular weight excluding hydrogens is 323 g/mol. The van der Waals surface area contributed by atoms with Crippen LogP contribution in [-0.4, -0.2) is 17.4 Å². The van der Waals surface area contributed by atoms with Crippen LogP contribution in [0.25, 0.3) is 0 Å². The largest absolute Gasteiger partial charge is 0.436 e. The first-order valence-electron chi connectivity index (χ1n) is 7.13. The number of carbonyl (C=O) groups excluding carboxylic acids is 1. The molecule has 1 aromatic heterocycles. The Balaban J connectivity index is 1.58. The third-order valence-corrected chi connectivity index (χ3v) is 4.48. The number of nitrogens with zero attached hydrogens (tertiary/aromatic N) is 1. The van der Waals surface area contributed by atoms with Gasteiger partial charge >= 0.3 is 0 Å². The molecule has 1 N–H and O–H groups in total. The van der Waals surface area contributed by atoms with Gasteiger partial charge in [0.25, 0.3) is 5.91 Å². The number of aromatic nitrogens is 1. The van der Waals surface area contributed by atoms with Crippen LogP contribution in [0, 0.1) is 19.8 Å². The Morgan fingerprint density at radius 1 is 1.41 bits per heavy atom. The average molecular weight is 339 g/mol. The minimum atomic E-state index is -0.217. The second kappa shape index (κ2) is 5.94. The first-order chi connectivity index (χ1) is 10.5. The summed E-state index contributed by atoms with van der Waals surface area (Å²) < 4.78 is 5.31. The average Bonchev–Trinajstić information content (AvgIpc) is 3.13. The molecule has 1 aliphatic rings. The second-order valence-corrected chi connectivity index (χ2v) is 6.47. The molecule has 0 spiro atoms. The fourth-order valence-corrected chi connectivity index (χ4v) is 3.25. The van der Waals surface area contributed by atoms with Crippen molar-refractivity contribution in [3.05, 3.63) is 51.2 Å². The zero-order chi connectivity index (χ0) is 15.9. The molecule has 2 aromatic rings. The molecule has 3 rings (SSSR count). The van der Waals surface area contributed by atoms with Gasteiger partial charge in [0.2, 0.25) is 5.76 Å². The molecule has 4 nitrogen and oxygen atoms in total. The predicted molar refractivity (Wildman–Crippen MR) is 85.6 cm³/mol. The summed E-state index contributed by atoms with van der Waals surface area (Å²) in [5.41, 5.74) is 1.71. The van der Waals surface area contributed by atoms with E-state index in [2.05, 4.69) is 10.3 Å². The number of nitrogens with one attached hydrogen (secondary N) is 1. The van der Waals surface area contributed by atoms with E-state index < -0.39 is 0 Å². The standard InChI is InChI=1S/C16H16Cl2N2O2/c1-8-15(22-9(2)20-8)16(21)19-7-10-5-13(10)12-4-3-11(17)6-14(12)18/h3-4,6,10,13H,5,7H2,1-2H3,(H,19,21)/t10-,13-/m1/s1. The summed E-state index contributed by atoms with van der Waals surface area (Å²) in [7, 11) is 0. The van der Waals surface area contributed by atoms with Crippen LogP contribution in [0.4, 0.5) is 0 Å². The van der Waals surface area contributed by atoms with E-state index in [0.717, 1.165) is 12.0 Å². The molecule has 0 unspecified atom stereocenters. The summed E-state index contributed by atoms with van der Waals surface area (Å²) in [5.74, 6) is 1.35. The van der Waals surface area contributed by atoms with E-state index in [0.29, 0.717) is 45.8 Å². The minimum Gasteiger partial charge on any atom is -0.436 e. The monoisotopic (exact) mass is 338 g/mol. The number of carbonyl (C=O) groups is 1. The molecule has 0 saturated heterocycles. The van der Waals surface area contributed by atoms with Crippen molar-refractivity contribution in [3.8, 4) is 0 Å². The maximum Gasteiger partial charge on any atom is 0.289 e. The van der Waals surface area contributed by atoms with Crippen LogP contribution in [0.15, 0.2) is 22.6 Å². The van der Waals surface area contributed by atoms with Crippen molar-refractivity contribution in [2.24, 2.45) is 5.92 Å². The van der Waals surface area contributed by atoms with E-state index in [-0.39, 0.29) is 5.91 Å². The van der Waals surface area contributed by atoms with Crippen molar-refractivity contribution < 1.29 is 9.21 Å². The van der Waals surface area contributed by atoms with Crippen LogP contribution in [0.1, 0.15) is 40.0 Å². The Morgan fingerprint density at radius 3 is 2.82 bits per heavy atom. The van der Waals surface area contributed by atoms with E-state index in [1.165, 1.54) is 0 Å².